The zero-order valence-electron chi connectivity index (χ0n) is 10.9. The van der Waals surface area contributed by atoms with Crippen molar-refractivity contribution in [1.82, 2.24) is 4.90 Å². The third kappa shape index (κ3) is 2.51. The van der Waals surface area contributed by atoms with Crippen LogP contribution in [0, 0.1) is 5.92 Å². The van der Waals surface area contributed by atoms with Gasteiger partial charge in [0.25, 0.3) is 0 Å². The van der Waals surface area contributed by atoms with Crippen molar-refractivity contribution in [3.05, 3.63) is 0 Å². The number of nitrogens with zero attached hydrogens (tertiary/aromatic N) is 1. The molecule has 0 aromatic rings. The number of piperidine rings is 1. The van der Waals surface area contributed by atoms with Crippen LogP contribution in [0.25, 0.3) is 0 Å². The van der Waals surface area contributed by atoms with E-state index in [1.807, 2.05) is 0 Å². The summed E-state index contributed by atoms with van der Waals surface area (Å²) in [4.78, 5) is 2.37. The van der Waals surface area contributed by atoms with Crippen molar-refractivity contribution >= 4 is 9.84 Å². The maximum absolute atomic E-state index is 11.7. The summed E-state index contributed by atoms with van der Waals surface area (Å²) in [7, 11) is -2.87. The Bertz CT molecular complexity index is 382. The highest BCUT2D eigenvalue weighted by molar-refractivity contribution is 7.91. The third-order valence-corrected chi connectivity index (χ3v) is 6.30. The Morgan fingerprint density at radius 3 is 2.59 bits per heavy atom. The average molecular weight is 260 g/mol. The van der Waals surface area contributed by atoms with Gasteiger partial charge in [0, 0.05) is 18.1 Å². The Hall–Kier alpha value is -0.130. The second kappa shape index (κ2) is 4.52. The van der Waals surface area contributed by atoms with Gasteiger partial charge in [-0.3, -0.25) is 4.90 Å². The van der Waals surface area contributed by atoms with Crippen molar-refractivity contribution in [2.75, 3.05) is 24.6 Å². The van der Waals surface area contributed by atoms with E-state index >= 15 is 0 Å². The predicted octanol–water partition coefficient (Wildman–Crippen LogP) is 0.623. The van der Waals surface area contributed by atoms with E-state index in [-0.39, 0.29) is 11.3 Å². The standard InChI is InChI=1S/C12H24N2O2S/c1-10-3-5-14(11(2)7-10)12(8-13)4-6-17(15,16)9-12/h10-11H,3-9,13H2,1-2H3. The molecule has 5 heteroatoms. The minimum Gasteiger partial charge on any atom is -0.329 e. The number of hydrogen-bond acceptors (Lipinski definition) is 4. The molecule has 0 spiro atoms. The highest BCUT2D eigenvalue weighted by Crippen LogP contribution is 2.35. The van der Waals surface area contributed by atoms with Crippen molar-refractivity contribution in [2.24, 2.45) is 11.7 Å². The normalized spacial score (nSPS) is 42.8. The van der Waals surface area contributed by atoms with Crippen LogP contribution in [0.2, 0.25) is 0 Å². The van der Waals surface area contributed by atoms with Crippen LogP contribution in [-0.4, -0.2) is 49.5 Å². The van der Waals surface area contributed by atoms with Gasteiger partial charge in [-0.05, 0) is 38.6 Å². The second-order valence-electron chi connectivity index (χ2n) is 5.94. The van der Waals surface area contributed by atoms with Gasteiger partial charge in [0.15, 0.2) is 9.84 Å². The van der Waals surface area contributed by atoms with Crippen LogP contribution in [-0.2, 0) is 9.84 Å². The van der Waals surface area contributed by atoms with Gasteiger partial charge in [0.05, 0.1) is 11.5 Å². The van der Waals surface area contributed by atoms with E-state index in [2.05, 4.69) is 18.7 Å². The lowest BCUT2D eigenvalue weighted by Gasteiger charge is -2.47. The molecule has 4 nitrogen and oxygen atoms in total. The van der Waals surface area contributed by atoms with Crippen molar-refractivity contribution in [2.45, 2.75) is 44.7 Å². The molecule has 17 heavy (non-hydrogen) atoms. The molecule has 3 unspecified atom stereocenters. The first-order valence-electron chi connectivity index (χ1n) is 6.56. The number of hydrogen-bond donors (Lipinski definition) is 1. The molecule has 0 aromatic carbocycles. The fourth-order valence-corrected chi connectivity index (χ4v) is 5.60. The monoisotopic (exact) mass is 260 g/mol. The van der Waals surface area contributed by atoms with Gasteiger partial charge < -0.3 is 5.73 Å². The molecule has 3 atom stereocenters. The van der Waals surface area contributed by atoms with Gasteiger partial charge >= 0.3 is 0 Å². The zero-order chi connectivity index (χ0) is 12.7. The minimum atomic E-state index is -2.87. The van der Waals surface area contributed by atoms with Gasteiger partial charge in [0.1, 0.15) is 0 Å². The molecule has 0 aromatic heterocycles. The van der Waals surface area contributed by atoms with Gasteiger partial charge in [0.2, 0.25) is 0 Å². The van der Waals surface area contributed by atoms with Gasteiger partial charge in [-0.15, -0.1) is 0 Å². The molecule has 2 aliphatic rings. The second-order valence-corrected chi connectivity index (χ2v) is 8.13. The van der Waals surface area contributed by atoms with Crippen molar-refractivity contribution in [3.8, 4) is 0 Å². The van der Waals surface area contributed by atoms with Gasteiger partial charge in [-0.25, -0.2) is 8.42 Å². The summed E-state index contributed by atoms with van der Waals surface area (Å²) in [6.45, 7) is 5.94. The topological polar surface area (TPSA) is 63.4 Å². The number of likely N-dealkylation sites (tertiary alicyclic amines) is 1. The molecule has 2 aliphatic heterocycles. The van der Waals surface area contributed by atoms with E-state index in [1.165, 1.54) is 0 Å². The van der Waals surface area contributed by atoms with Crippen LogP contribution in [0.15, 0.2) is 0 Å². The minimum absolute atomic E-state index is 0.259. The largest absolute Gasteiger partial charge is 0.329 e. The summed E-state index contributed by atoms with van der Waals surface area (Å²) in [6.07, 6.45) is 3.03. The van der Waals surface area contributed by atoms with Crippen LogP contribution < -0.4 is 5.73 Å². The quantitative estimate of drug-likeness (QED) is 0.791. The third-order valence-electron chi connectivity index (χ3n) is 4.49. The van der Waals surface area contributed by atoms with E-state index in [0.29, 0.717) is 24.8 Å². The molecular formula is C12H24N2O2S. The lowest BCUT2D eigenvalue weighted by atomic mass is 9.86. The molecule has 2 N–H and O–H groups in total. The number of nitrogens with two attached hydrogens (primary N) is 1. The van der Waals surface area contributed by atoms with E-state index < -0.39 is 9.84 Å². The SMILES string of the molecule is CC1CCN(C2(CN)CCS(=O)(=O)C2)C(C)C1. The van der Waals surface area contributed by atoms with Crippen LogP contribution in [0.4, 0.5) is 0 Å². The maximum atomic E-state index is 11.7. The Morgan fingerprint density at radius 1 is 1.41 bits per heavy atom. The summed E-state index contributed by atoms with van der Waals surface area (Å²) < 4.78 is 23.5. The fourth-order valence-electron chi connectivity index (χ4n) is 3.52. The predicted molar refractivity (Wildman–Crippen MR) is 69.6 cm³/mol. The van der Waals surface area contributed by atoms with E-state index in [0.717, 1.165) is 25.3 Å². The maximum Gasteiger partial charge on any atom is 0.152 e. The molecule has 0 saturated carbocycles. The summed E-state index contributed by atoms with van der Waals surface area (Å²) >= 11 is 0. The molecule has 2 saturated heterocycles. The lowest BCUT2D eigenvalue weighted by molar-refractivity contribution is 0.0299. The van der Waals surface area contributed by atoms with E-state index in [9.17, 15) is 8.42 Å². The summed E-state index contributed by atoms with van der Waals surface area (Å²) in [5.41, 5.74) is 5.63. The van der Waals surface area contributed by atoms with Crippen molar-refractivity contribution < 1.29 is 8.42 Å². The van der Waals surface area contributed by atoms with E-state index in [4.69, 9.17) is 5.73 Å². The van der Waals surface area contributed by atoms with Crippen molar-refractivity contribution in [3.63, 3.8) is 0 Å². The van der Waals surface area contributed by atoms with Crippen LogP contribution in [0.3, 0.4) is 0 Å². The first kappa shape index (κ1) is 13.3. The molecule has 0 amide bonds. The summed E-state index contributed by atoms with van der Waals surface area (Å²) in [5.74, 6) is 1.31. The number of sulfone groups is 1. The molecule has 2 fully saturated rings. The Kier molecular flexibility index (Phi) is 3.54. The first-order valence-corrected chi connectivity index (χ1v) is 8.38. The number of rotatable bonds is 2. The summed E-state index contributed by atoms with van der Waals surface area (Å²) in [5, 5.41) is 0. The Labute approximate surface area is 104 Å². The Morgan fingerprint density at radius 2 is 2.12 bits per heavy atom. The average Bonchev–Trinajstić information content (AvgIpc) is 2.55. The fraction of sp³-hybridized carbons (Fsp3) is 1.00. The molecular weight excluding hydrogens is 236 g/mol. The van der Waals surface area contributed by atoms with Crippen LogP contribution in [0.5, 0.6) is 0 Å². The van der Waals surface area contributed by atoms with E-state index in [1.54, 1.807) is 0 Å². The molecule has 0 radical (unpaired) electrons. The smallest absolute Gasteiger partial charge is 0.152 e. The Balaban J connectivity index is 2.19. The van der Waals surface area contributed by atoms with Gasteiger partial charge in [-0.2, -0.15) is 0 Å². The molecule has 100 valence electrons. The lowest BCUT2D eigenvalue weighted by Crippen LogP contribution is -2.60. The van der Waals surface area contributed by atoms with Crippen LogP contribution in [0.1, 0.15) is 33.1 Å². The highest BCUT2D eigenvalue weighted by Gasteiger charge is 2.47. The first-order chi connectivity index (χ1) is 7.88. The molecule has 2 rings (SSSR count). The molecule has 0 bridgehead atoms. The van der Waals surface area contributed by atoms with Crippen molar-refractivity contribution in [1.29, 1.82) is 0 Å². The summed E-state index contributed by atoms with van der Waals surface area (Å²) in [6, 6.07) is 0.454. The van der Waals surface area contributed by atoms with Crippen LogP contribution >= 0.6 is 0 Å². The highest BCUT2D eigenvalue weighted by atomic mass is 32.2. The van der Waals surface area contributed by atoms with Gasteiger partial charge in [-0.1, -0.05) is 6.92 Å². The molecule has 0 aliphatic carbocycles. The molecule has 2 heterocycles. The zero-order valence-corrected chi connectivity index (χ0v) is 11.7.